The molecule has 1 N–H and O–H groups in total. The molecule has 2 rings (SSSR count). The van der Waals surface area contributed by atoms with Crippen LogP contribution in [0.25, 0.3) is 0 Å². The fraction of sp³-hybridized carbons (Fsp3) is 1.00. The Bertz CT molecular complexity index is 261. The summed E-state index contributed by atoms with van der Waals surface area (Å²) in [7, 11) is 0. The van der Waals surface area contributed by atoms with Gasteiger partial charge in [-0.05, 0) is 30.6 Å². The van der Waals surface area contributed by atoms with Gasteiger partial charge in [-0.3, -0.25) is 4.90 Å². The van der Waals surface area contributed by atoms with Crippen LogP contribution in [0.1, 0.15) is 40.5 Å². The summed E-state index contributed by atoms with van der Waals surface area (Å²) < 4.78 is 5.49. The van der Waals surface area contributed by atoms with Crippen LogP contribution in [0.15, 0.2) is 0 Å². The molecule has 3 nitrogen and oxygen atoms in total. The molecular weight excluding hydrogens is 236 g/mol. The highest BCUT2D eigenvalue weighted by Crippen LogP contribution is 2.23. The van der Waals surface area contributed by atoms with Crippen LogP contribution in [-0.2, 0) is 4.74 Å². The number of hydrogen-bond donors (Lipinski definition) is 1. The Morgan fingerprint density at radius 1 is 1.11 bits per heavy atom. The van der Waals surface area contributed by atoms with E-state index in [9.17, 15) is 0 Å². The normalized spacial score (nSPS) is 31.3. The molecule has 112 valence electrons. The lowest BCUT2D eigenvalue weighted by Gasteiger charge is -2.45. The Morgan fingerprint density at radius 3 is 2.37 bits per heavy atom. The molecule has 0 aromatic rings. The second kappa shape index (κ2) is 7.05. The van der Waals surface area contributed by atoms with Crippen LogP contribution in [0.3, 0.4) is 0 Å². The third-order valence-electron chi connectivity index (χ3n) is 4.90. The zero-order chi connectivity index (χ0) is 13.8. The summed E-state index contributed by atoms with van der Waals surface area (Å²) in [5.41, 5.74) is 0. The maximum atomic E-state index is 5.49. The number of hydrogen-bond acceptors (Lipinski definition) is 3. The third kappa shape index (κ3) is 4.17. The molecule has 2 saturated heterocycles. The lowest BCUT2D eigenvalue weighted by molar-refractivity contribution is 0.0234. The Balaban J connectivity index is 1.94. The zero-order valence-corrected chi connectivity index (χ0v) is 13.2. The quantitative estimate of drug-likeness (QED) is 0.847. The van der Waals surface area contributed by atoms with Crippen molar-refractivity contribution < 1.29 is 4.74 Å². The van der Waals surface area contributed by atoms with Crippen LogP contribution in [-0.4, -0.2) is 49.8 Å². The van der Waals surface area contributed by atoms with Crippen LogP contribution in [0.4, 0.5) is 0 Å². The average Bonchev–Trinajstić information content (AvgIpc) is 2.39. The van der Waals surface area contributed by atoms with E-state index in [4.69, 9.17) is 4.74 Å². The van der Waals surface area contributed by atoms with Crippen LogP contribution < -0.4 is 5.32 Å². The molecule has 0 aliphatic carbocycles. The Labute approximate surface area is 119 Å². The summed E-state index contributed by atoms with van der Waals surface area (Å²) in [5.74, 6) is 2.31. The van der Waals surface area contributed by atoms with Crippen LogP contribution in [0.2, 0.25) is 0 Å². The van der Waals surface area contributed by atoms with Crippen molar-refractivity contribution in [2.45, 2.75) is 52.6 Å². The molecule has 2 atom stereocenters. The summed E-state index contributed by atoms with van der Waals surface area (Å²) in [6, 6.07) is 1.37. The molecule has 0 aromatic heterocycles. The maximum Gasteiger partial charge on any atom is 0.0469 e. The highest BCUT2D eigenvalue weighted by atomic mass is 16.5. The summed E-state index contributed by atoms with van der Waals surface area (Å²) in [4.78, 5) is 2.77. The molecule has 0 amide bonds. The Morgan fingerprint density at radius 2 is 1.79 bits per heavy atom. The first-order chi connectivity index (χ1) is 9.08. The van der Waals surface area contributed by atoms with Gasteiger partial charge in [-0.2, -0.15) is 0 Å². The highest BCUT2D eigenvalue weighted by molar-refractivity contribution is 4.90. The SMILES string of the molecule is CC(C)C1CN(CC2CCOCC2)C(C(C)C)CN1. The van der Waals surface area contributed by atoms with Crippen molar-refractivity contribution in [2.24, 2.45) is 17.8 Å². The predicted octanol–water partition coefficient (Wildman–Crippen LogP) is 2.37. The van der Waals surface area contributed by atoms with E-state index in [0.29, 0.717) is 12.1 Å². The first-order valence-corrected chi connectivity index (χ1v) is 8.13. The van der Waals surface area contributed by atoms with Crippen LogP contribution >= 0.6 is 0 Å². The van der Waals surface area contributed by atoms with E-state index in [1.807, 2.05) is 0 Å². The molecule has 2 fully saturated rings. The fourth-order valence-corrected chi connectivity index (χ4v) is 3.43. The average molecular weight is 268 g/mol. The van der Waals surface area contributed by atoms with E-state index >= 15 is 0 Å². The number of ether oxygens (including phenoxy) is 1. The number of piperazine rings is 1. The van der Waals surface area contributed by atoms with Gasteiger partial charge in [0.1, 0.15) is 0 Å². The van der Waals surface area contributed by atoms with Crippen LogP contribution in [0, 0.1) is 17.8 Å². The van der Waals surface area contributed by atoms with Gasteiger partial charge in [0, 0.05) is 44.9 Å². The summed E-state index contributed by atoms with van der Waals surface area (Å²) in [6.45, 7) is 15.0. The minimum absolute atomic E-state index is 0.662. The molecule has 0 bridgehead atoms. The van der Waals surface area contributed by atoms with E-state index < -0.39 is 0 Å². The largest absolute Gasteiger partial charge is 0.381 e. The first-order valence-electron chi connectivity index (χ1n) is 8.13. The van der Waals surface area contributed by atoms with Crippen molar-refractivity contribution in [3.63, 3.8) is 0 Å². The van der Waals surface area contributed by atoms with E-state index in [1.165, 1.54) is 25.9 Å². The van der Waals surface area contributed by atoms with Crippen molar-refractivity contribution in [3.8, 4) is 0 Å². The van der Waals surface area contributed by atoms with Gasteiger partial charge in [0.25, 0.3) is 0 Å². The van der Waals surface area contributed by atoms with Gasteiger partial charge in [0.2, 0.25) is 0 Å². The molecule has 0 saturated carbocycles. The third-order valence-corrected chi connectivity index (χ3v) is 4.90. The van der Waals surface area contributed by atoms with Crippen LogP contribution in [0.5, 0.6) is 0 Å². The maximum absolute atomic E-state index is 5.49. The minimum atomic E-state index is 0.662. The monoisotopic (exact) mass is 268 g/mol. The van der Waals surface area contributed by atoms with Crippen molar-refractivity contribution in [3.05, 3.63) is 0 Å². The van der Waals surface area contributed by atoms with Gasteiger partial charge < -0.3 is 10.1 Å². The highest BCUT2D eigenvalue weighted by Gasteiger charge is 2.32. The molecule has 2 aliphatic rings. The van der Waals surface area contributed by atoms with Gasteiger partial charge >= 0.3 is 0 Å². The second-order valence-corrected chi connectivity index (χ2v) is 7.08. The van der Waals surface area contributed by atoms with Crippen molar-refractivity contribution in [1.29, 1.82) is 0 Å². The number of rotatable bonds is 4. The topological polar surface area (TPSA) is 24.5 Å². The zero-order valence-electron chi connectivity index (χ0n) is 13.2. The molecule has 3 heteroatoms. The molecule has 0 spiro atoms. The molecular formula is C16H32N2O. The molecule has 0 radical (unpaired) electrons. The second-order valence-electron chi connectivity index (χ2n) is 7.08. The summed E-state index contributed by atoms with van der Waals surface area (Å²) >= 11 is 0. The van der Waals surface area contributed by atoms with E-state index in [0.717, 1.165) is 37.5 Å². The van der Waals surface area contributed by atoms with Crippen molar-refractivity contribution in [2.75, 3.05) is 32.8 Å². The first kappa shape index (κ1) is 15.3. The summed E-state index contributed by atoms with van der Waals surface area (Å²) in [6.07, 6.45) is 2.50. The van der Waals surface area contributed by atoms with Gasteiger partial charge in [-0.1, -0.05) is 27.7 Å². The predicted molar refractivity (Wildman–Crippen MR) is 80.4 cm³/mol. The van der Waals surface area contributed by atoms with Crippen molar-refractivity contribution in [1.82, 2.24) is 10.2 Å². The van der Waals surface area contributed by atoms with Gasteiger partial charge in [0.05, 0.1) is 0 Å². The van der Waals surface area contributed by atoms with Gasteiger partial charge in [-0.15, -0.1) is 0 Å². The smallest absolute Gasteiger partial charge is 0.0469 e. The van der Waals surface area contributed by atoms with Crippen molar-refractivity contribution >= 4 is 0 Å². The summed E-state index contributed by atoms with van der Waals surface area (Å²) in [5, 5.41) is 3.75. The number of nitrogens with one attached hydrogen (secondary N) is 1. The Hall–Kier alpha value is -0.120. The number of nitrogens with zero attached hydrogens (tertiary/aromatic N) is 1. The lowest BCUT2D eigenvalue weighted by atomic mass is 9.91. The molecule has 2 unspecified atom stereocenters. The van der Waals surface area contributed by atoms with E-state index in [2.05, 4.69) is 37.9 Å². The van der Waals surface area contributed by atoms with E-state index in [-0.39, 0.29) is 0 Å². The molecule has 0 aromatic carbocycles. The molecule has 19 heavy (non-hydrogen) atoms. The van der Waals surface area contributed by atoms with Gasteiger partial charge in [-0.25, -0.2) is 0 Å². The minimum Gasteiger partial charge on any atom is -0.381 e. The molecule has 2 heterocycles. The standard InChI is InChI=1S/C16H32N2O/c1-12(2)15-11-18(16(9-17-15)13(3)4)10-14-5-7-19-8-6-14/h12-17H,5-11H2,1-4H3. The fourth-order valence-electron chi connectivity index (χ4n) is 3.43. The lowest BCUT2D eigenvalue weighted by Crippen LogP contribution is -2.60. The van der Waals surface area contributed by atoms with Gasteiger partial charge in [0.15, 0.2) is 0 Å². The Kier molecular flexibility index (Phi) is 5.67. The van der Waals surface area contributed by atoms with E-state index in [1.54, 1.807) is 0 Å². The molecule has 2 aliphatic heterocycles.